The van der Waals surface area contributed by atoms with E-state index in [1.165, 1.54) is 54.4 Å². The van der Waals surface area contributed by atoms with Crippen molar-refractivity contribution < 1.29 is 0 Å². The Morgan fingerprint density at radius 3 is 1.94 bits per heavy atom. The molecule has 1 aromatic rings. The predicted molar refractivity (Wildman–Crippen MR) is 81.5 cm³/mol. The van der Waals surface area contributed by atoms with Gasteiger partial charge in [0.2, 0.25) is 0 Å². The molecule has 18 heavy (non-hydrogen) atoms. The second-order valence-electron chi connectivity index (χ2n) is 5.51. The average molecular weight is 247 g/mol. The van der Waals surface area contributed by atoms with Gasteiger partial charge in [0.25, 0.3) is 0 Å². The fourth-order valence-electron chi connectivity index (χ4n) is 2.63. The van der Waals surface area contributed by atoms with Crippen LogP contribution in [0.4, 0.5) is 0 Å². The van der Waals surface area contributed by atoms with Crippen molar-refractivity contribution in [2.45, 2.75) is 59.8 Å². The topological polar surface area (TPSA) is 12.0 Å². The Morgan fingerprint density at radius 1 is 0.833 bits per heavy atom. The Morgan fingerprint density at radius 2 is 1.39 bits per heavy atom. The van der Waals surface area contributed by atoms with E-state index in [4.69, 9.17) is 0 Å². The highest BCUT2D eigenvalue weighted by atomic mass is 14.8. The summed E-state index contributed by atoms with van der Waals surface area (Å²) in [6.45, 7) is 10.2. The predicted octanol–water partition coefficient (Wildman–Crippen LogP) is 4.24. The van der Waals surface area contributed by atoms with Crippen LogP contribution in [-0.4, -0.2) is 13.6 Å². The van der Waals surface area contributed by atoms with Gasteiger partial charge in [-0.2, -0.15) is 0 Å². The third-order valence-corrected chi connectivity index (χ3v) is 4.12. The van der Waals surface area contributed by atoms with Gasteiger partial charge in [-0.15, -0.1) is 0 Å². The number of rotatable bonds is 7. The van der Waals surface area contributed by atoms with Crippen LogP contribution in [0.15, 0.2) is 6.07 Å². The first-order valence-corrected chi connectivity index (χ1v) is 7.28. The molecule has 1 nitrogen and oxygen atoms in total. The van der Waals surface area contributed by atoms with Crippen molar-refractivity contribution >= 4 is 0 Å². The molecule has 0 fully saturated rings. The van der Waals surface area contributed by atoms with E-state index < -0.39 is 0 Å². The first-order valence-electron chi connectivity index (χ1n) is 7.28. The zero-order valence-electron chi connectivity index (χ0n) is 12.8. The van der Waals surface area contributed by atoms with E-state index in [2.05, 4.69) is 39.1 Å². The van der Waals surface area contributed by atoms with E-state index in [1.807, 2.05) is 7.05 Å². The minimum Gasteiger partial charge on any atom is -0.320 e. The smallest absolute Gasteiger partial charge is 0.00519 e. The SMILES string of the molecule is CNCCCCCCc1c(C)c(C)cc(C)c1C. The van der Waals surface area contributed by atoms with Crippen LogP contribution in [0.5, 0.6) is 0 Å². The summed E-state index contributed by atoms with van der Waals surface area (Å²) >= 11 is 0. The molecule has 0 saturated heterocycles. The first kappa shape index (κ1) is 15.2. The van der Waals surface area contributed by atoms with E-state index in [0.717, 1.165) is 6.54 Å². The number of hydrogen-bond acceptors (Lipinski definition) is 1. The molecule has 1 heteroatoms. The van der Waals surface area contributed by atoms with Crippen molar-refractivity contribution in [3.8, 4) is 0 Å². The van der Waals surface area contributed by atoms with E-state index in [9.17, 15) is 0 Å². The molecule has 1 N–H and O–H groups in total. The van der Waals surface area contributed by atoms with Crippen molar-refractivity contribution in [3.63, 3.8) is 0 Å². The van der Waals surface area contributed by atoms with Crippen LogP contribution in [0.25, 0.3) is 0 Å². The van der Waals surface area contributed by atoms with Crippen LogP contribution >= 0.6 is 0 Å². The standard InChI is InChI=1S/C17H29N/c1-13-12-14(2)16(4)17(15(13)3)10-8-6-7-9-11-18-5/h12,18H,6-11H2,1-5H3. The Balaban J connectivity index is 2.52. The number of benzene rings is 1. The van der Waals surface area contributed by atoms with Crippen LogP contribution in [0.2, 0.25) is 0 Å². The van der Waals surface area contributed by atoms with E-state index in [1.54, 1.807) is 5.56 Å². The molecule has 0 aliphatic heterocycles. The van der Waals surface area contributed by atoms with Gasteiger partial charge in [0.1, 0.15) is 0 Å². The second kappa shape index (κ2) is 7.58. The number of aryl methyl sites for hydroxylation is 2. The molecule has 0 saturated carbocycles. The van der Waals surface area contributed by atoms with Gasteiger partial charge < -0.3 is 5.32 Å². The van der Waals surface area contributed by atoms with Gasteiger partial charge in [-0.3, -0.25) is 0 Å². The lowest BCUT2D eigenvalue weighted by molar-refractivity contribution is 0.615. The maximum Gasteiger partial charge on any atom is -0.00519 e. The van der Waals surface area contributed by atoms with Crippen molar-refractivity contribution in [2.75, 3.05) is 13.6 Å². The summed E-state index contributed by atoms with van der Waals surface area (Å²) in [5.74, 6) is 0. The lowest BCUT2D eigenvalue weighted by atomic mass is 9.91. The second-order valence-corrected chi connectivity index (χ2v) is 5.51. The van der Waals surface area contributed by atoms with Crippen molar-refractivity contribution in [2.24, 2.45) is 0 Å². The molecule has 0 unspecified atom stereocenters. The van der Waals surface area contributed by atoms with Crippen molar-refractivity contribution in [3.05, 3.63) is 33.9 Å². The van der Waals surface area contributed by atoms with Crippen molar-refractivity contribution in [1.82, 2.24) is 5.32 Å². The molecular weight excluding hydrogens is 218 g/mol. The van der Waals surface area contributed by atoms with Gasteiger partial charge in [-0.25, -0.2) is 0 Å². The summed E-state index contributed by atoms with van der Waals surface area (Å²) in [6.07, 6.45) is 6.59. The molecule has 0 aliphatic carbocycles. The first-order chi connectivity index (χ1) is 8.57. The van der Waals surface area contributed by atoms with Gasteiger partial charge >= 0.3 is 0 Å². The summed E-state index contributed by atoms with van der Waals surface area (Å²) in [4.78, 5) is 0. The van der Waals surface area contributed by atoms with Gasteiger partial charge in [-0.1, -0.05) is 18.9 Å². The Kier molecular flexibility index (Phi) is 6.42. The third kappa shape index (κ3) is 4.13. The lowest BCUT2D eigenvalue weighted by Crippen LogP contribution is -2.07. The molecule has 0 aliphatic rings. The Hall–Kier alpha value is -0.820. The summed E-state index contributed by atoms with van der Waals surface area (Å²) < 4.78 is 0. The maximum absolute atomic E-state index is 3.21. The normalized spacial score (nSPS) is 10.9. The van der Waals surface area contributed by atoms with E-state index in [-0.39, 0.29) is 0 Å². The summed E-state index contributed by atoms with van der Waals surface area (Å²) in [6, 6.07) is 2.32. The van der Waals surface area contributed by atoms with E-state index >= 15 is 0 Å². The summed E-state index contributed by atoms with van der Waals surface area (Å²) in [7, 11) is 2.03. The van der Waals surface area contributed by atoms with Gasteiger partial charge in [0.05, 0.1) is 0 Å². The van der Waals surface area contributed by atoms with Gasteiger partial charge in [0.15, 0.2) is 0 Å². The fraction of sp³-hybridized carbons (Fsp3) is 0.647. The largest absolute Gasteiger partial charge is 0.320 e. The summed E-state index contributed by atoms with van der Waals surface area (Å²) in [5, 5.41) is 3.21. The lowest BCUT2D eigenvalue weighted by Gasteiger charge is -2.15. The molecule has 0 heterocycles. The van der Waals surface area contributed by atoms with Crippen molar-refractivity contribution in [1.29, 1.82) is 0 Å². The van der Waals surface area contributed by atoms with E-state index in [0.29, 0.717) is 0 Å². The molecule has 102 valence electrons. The number of nitrogens with one attached hydrogen (secondary N) is 1. The fourth-order valence-corrected chi connectivity index (χ4v) is 2.63. The van der Waals surface area contributed by atoms with Crippen LogP contribution in [0, 0.1) is 27.7 Å². The van der Waals surface area contributed by atoms with Crippen LogP contribution in [0.3, 0.4) is 0 Å². The number of unbranched alkanes of at least 4 members (excludes halogenated alkanes) is 3. The van der Waals surface area contributed by atoms with Gasteiger partial charge in [0, 0.05) is 0 Å². The Labute approximate surface area is 113 Å². The minimum atomic E-state index is 1.15. The summed E-state index contributed by atoms with van der Waals surface area (Å²) in [5.41, 5.74) is 7.51. The highest BCUT2D eigenvalue weighted by Gasteiger charge is 2.07. The van der Waals surface area contributed by atoms with Crippen LogP contribution < -0.4 is 5.32 Å². The zero-order chi connectivity index (χ0) is 13.5. The molecule has 0 atom stereocenters. The average Bonchev–Trinajstić information content (AvgIpc) is 2.35. The van der Waals surface area contributed by atoms with Crippen LogP contribution in [-0.2, 0) is 6.42 Å². The third-order valence-electron chi connectivity index (χ3n) is 4.12. The highest BCUT2D eigenvalue weighted by Crippen LogP contribution is 2.23. The molecule has 0 spiro atoms. The minimum absolute atomic E-state index is 1.15. The molecule has 1 rings (SSSR count). The Bertz CT molecular complexity index is 353. The monoisotopic (exact) mass is 247 g/mol. The highest BCUT2D eigenvalue weighted by molar-refractivity contribution is 5.43. The molecule has 0 amide bonds. The molecule has 0 bridgehead atoms. The zero-order valence-corrected chi connectivity index (χ0v) is 12.8. The molecule has 1 aromatic carbocycles. The van der Waals surface area contributed by atoms with Crippen LogP contribution in [0.1, 0.15) is 53.5 Å². The molecular formula is C17H29N. The molecule has 0 radical (unpaired) electrons. The number of hydrogen-bond donors (Lipinski definition) is 1. The molecule has 0 aromatic heterocycles. The van der Waals surface area contributed by atoms with Gasteiger partial charge in [-0.05, 0) is 88.4 Å². The quantitative estimate of drug-likeness (QED) is 0.711. The maximum atomic E-state index is 3.21.